The van der Waals surface area contributed by atoms with E-state index in [9.17, 15) is 5.11 Å². The summed E-state index contributed by atoms with van der Waals surface area (Å²) in [6.45, 7) is 5.72. The average Bonchev–Trinajstić information content (AvgIpc) is 2.16. The first-order valence-corrected chi connectivity index (χ1v) is 4.98. The summed E-state index contributed by atoms with van der Waals surface area (Å²) in [5, 5.41) is 10.2. The molecule has 1 unspecified atom stereocenters. The quantitative estimate of drug-likeness (QED) is 0.770. The Balaban J connectivity index is 3.00. The Kier molecular flexibility index (Phi) is 3.53. The molecular formula is C13H18O2. The van der Waals surface area contributed by atoms with Crippen molar-refractivity contribution in [2.24, 2.45) is 0 Å². The molecule has 1 aromatic carbocycles. The number of benzene rings is 1. The van der Waals surface area contributed by atoms with Crippen LogP contribution < -0.4 is 4.74 Å². The Labute approximate surface area is 91.2 Å². The first kappa shape index (κ1) is 11.8. The van der Waals surface area contributed by atoms with E-state index in [1.807, 2.05) is 44.2 Å². The van der Waals surface area contributed by atoms with Crippen LogP contribution in [0.5, 0.6) is 5.75 Å². The van der Waals surface area contributed by atoms with Crippen LogP contribution in [0.4, 0.5) is 0 Å². The van der Waals surface area contributed by atoms with E-state index in [0.29, 0.717) is 0 Å². The van der Waals surface area contributed by atoms with Gasteiger partial charge >= 0.3 is 0 Å². The lowest BCUT2D eigenvalue weighted by Gasteiger charge is -2.20. The van der Waals surface area contributed by atoms with Gasteiger partial charge in [0.1, 0.15) is 11.4 Å². The normalized spacial score (nSPS) is 14.2. The molecular weight excluding hydrogens is 188 g/mol. The Bertz CT molecular complexity index is 343. The van der Waals surface area contributed by atoms with Crippen molar-refractivity contribution < 1.29 is 9.84 Å². The van der Waals surface area contributed by atoms with Gasteiger partial charge in [-0.1, -0.05) is 23.8 Å². The van der Waals surface area contributed by atoms with Gasteiger partial charge in [-0.25, -0.2) is 0 Å². The molecule has 0 bridgehead atoms. The van der Waals surface area contributed by atoms with E-state index in [0.717, 1.165) is 16.9 Å². The molecule has 2 heteroatoms. The highest BCUT2D eigenvalue weighted by Crippen LogP contribution is 2.25. The molecule has 0 aliphatic heterocycles. The lowest BCUT2D eigenvalue weighted by molar-refractivity contribution is 0.110. The molecule has 0 amide bonds. The zero-order valence-corrected chi connectivity index (χ0v) is 9.74. The summed E-state index contributed by atoms with van der Waals surface area (Å²) in [4.78, 5) is 0. The first-order valence-electron chi connectivity index (χ1n) is 4.98. The van der Waals surface area contributed by atoms with Gasteiger partial charge in [0.05, 0.1) is 7.11 Å². The van der Waals surface area contributed by atoms with Gasteiger partial charge in [-0.2, -0.15) is 0 Å². The monoisotopic (exact) mass is 206 g/mol. The summed E-state index contributed by atoms with van der Waals surface area (Å²) in [6, 6.07) is 7.45. The van der Waals surface area contributed by atoms with Crippen molar-refractivity contribution in [3.8, 4) is 5.75 Å². The molecule has 1 N–H and O–H groups in total. The summed E-state index contributed by atoms with van der Waals surface area (Å²) in [5.41, 5.74) is 1.05. The Morgan fingerprint density at radius 3 is 2.20 bits per heavy atom. The molecule has 1 aromatic rings. The van der Waals surface area contributed by atoms with E-state index in [2.05, 4.69) is 0 Å². The van der Waals surface area contributed by atoms with Crippen LogP contribution in [-0.2, 0) is 5.60 Å². The minimum absolute atomic E-state index is 0.798. The predicted octanol–water partition coefficient (Wildman–Crippen LogP) is 2.87. The topological polar surface area (TPSA) is 29.5 Å². The molecule has 0 saturated heterocycles. The minimum atomic E-state index is -0.912. The van der Waals surface area contributed by atoms with E-state index >= 15 is 0 Å². The van der Waals surface area contributed by atoms with Crippen molar-refractivity contribution in [2.75, 3.05) is 7.11 Å². The summed E-state index contributed by atoms with van der Waals surface area (Å²) < 4.78 is 5.07. The largest absolute Gasteiger partial charge is 0.497 e. The first-order chi connectivity index (χ1) is 6.95. The molecule has 82 valence electrons. The Morgan fingerprint density at radius 2 is 1.80 bits per heavy atom. The third-order valence-corrected chi connectivity index (χ3v) is 2.24. The van der Waals surface area contributed by atoms with Crippen LogP contribution in [0.3, 0.4) is 0 Å². The molecule has 0 spiro atoms. The summed E-state index contributed by atoms with van der Waals surface area (Å²) in [7, 11) is 1.63. The molecule has 0 fully saturated rings. The second-order valence-electron chi connectivity index (χ2n) is 4.10. The van der Waals surface area contributed by atoms with Crippen molar-refractivity contribution in [1.29, 1.82) is 0 Å². The number of methoxy groups -OCH3 is 1. The fourth-order valence-electron chi connectivity index (χ4n) is 1.57. The number of ether oxygens (including phenoxy) is 1. The second-order valence-corrected chi connectivity index (χ2v) is 4.10. The van der Waals surface area contributed by atoms with Gasteiger partial charge in [0.2, 0.25) is 0 Å². The molecule has 2 nitrogen and oxygen atoms in total. The zero-order valence-electron chi connectivity index (χ0n) is 9.74. The fourth-order valence-corrected chi connectivity index (χ4v) is 1.57. The predicted molar refractivity (Wildman–Crippen MR) is 62.0 cm³/mol. The fraction of sp³-hybridized carbons (Fsp3) is 0.385. The van der Waals surface area contributed by atoms with E-state index < -0.39 is 5.60 Å². The van der Waals surface area contributed by atoms with Crippen LogP contribution in [-0.4, -0.2) is 12.2 Å². The number of aliphatic hydroxyl groups is 1. The van der Waals surface area contributed by atoms with E-state index in [1.165, 1.54) is 0 Å². The average molecular weight is 206 g/mol. The highest BCUT2D eigenvalue weighted by molar-refractivity contribution is 5.33. The van der Waals surface area contributed by atoms with Crippen LogP contribution in [0.15, 0.2) is 35.9 Å². The standard InChI is InChI=1S/C13H18O2/c1-10(2)9-13(3,14)11-5-7-12(15-4)8-6-11/h5-9,14H,1-4H3. The van der Waals surface area contributed by atoms with E-state index in [4.69, 9.17) is 4.74 Å². The second kappa shape index (κ2) is 4.49. The third kappa shape index (κ3) is 3.10. The van der Waals surface area contributed by atoms with Crippen LogP contribution in [0, 0.1) is 0 Å². The molecule has 1 atom stereocenters. The van der Waals surface area contributed by atoms with Gasteiger partial charge in [-0.3, -0.25) is 0 Å². The van der Waals surface area contributed by atoms with Crippen molar-refractivity contribution in [1.82, 2.24) is 0 Å². The van der Waals surface area contributed by atoms with Crippen molar-refractivity contribution >= 4 is 0 Å². The molecule has 0 saturated carbocycles. The van der Waals surface area contributed by atoms with Crippen LogP contribution in [0.1, 0.15) is 26.3 Å². The van der Waals surface area contributed by atoms with Gasteiger partial charge < -0.3 is 9.84 Å². The van der Waals surface area contributed by atoms with E-state index in [-0.39, 0.29) is 0 Å². The lowest BCUT2D eigenvalue weighted by atomic mass is 9.94. The van der Waals surface area contributed by atoms with Crippen molar-refractivity contribution in [3.63, 3.8) is 0 Å². The van der Waals surface area contributed by atoms with Gasteiger partial charge in [-0.05, 0) is 38.5 Å². The van der Waals surface area contributed by atoms with E-state index in [1.54, 1.807) is 14.0 Å². The molecule has 15 heavy (non-hydrogen) atoms. The summed E-state index contributed by atoms with van der Waals surface area (Å²) in [5.74, 6) is 0.798. The zero-order chi connectivity index (χ0) is 11.5. The third-order valence-electron chi connectivity index (χ3n) is 2.24. The Morgan fingerprint density at radius 1 is 1.27 bits per heavy atom. The summed E-state index contributed by atoms with van der Waals surface area (Å²) in [6.07, 6.45) is 1.84. The number of hydrogen-bond donors (Lipinski definition) is 1. The highest BCUT2D eigenvalue weighted by Gasteiger charge is 2.19. The maximum atomic E-state index is 10.2. The minimum Gasteiger partial charge on any atom is -0.497 e. The van der Waals surface area contributed by atoms with Gasteiger partial charge in [-0.15, -0.1) is 0 Å². The van der Waals surface area contributed by atoms with Gasteiger partial charge in [0.25, 0.3) is 0 Å². The Hall–Kier alpha value is -1.28. The molecule has 0 aliphatic rings. The van der Waals surface area contributed by atoms with Gasteiger partial charge in [0, 0.05) is 0 Å². The number of allylic oxidation sites excluding steroid dienone is 1. The SMILES string of the molecule is COc1ccc(C(C)(O)C=C(C)C)cc1. The number of rotatable bonds is 3. The van der Waals surface area contributed by atoms with Crippen molar-refractivity contribution in [2.45, 2.75) is 26.4 Å². The molecule has 0 radical (unpaired) electrons. The van der Waals surface area contributed by atoms with Crippen molar-refractivity contribution in [3.05, 3.63) is 41.5 Å². The molecule has 0 aliphatic carbocycles. The van der Waals surface area contributed by atoms with Crippen LogP contribution >= 0.6 is 0 Å². The highest BCUT2D eigenvalue weighted by atomic mass is 16.5. The molecule has 1 rings (SSSR count). The smallest absolute Gasteiger partial charge is 0.118 e. The van der Waals surface area contributed by atoms with Crippen LogP contribution in [0.25, 0.3) is 0 Å². The van der Waals surface area contributed by atoms with Crippen LogP contribution in [0.2, 0.25) is 0 Å². The maximum Gasteiger partial charge on any atom is 0.118 e. The molecule has 0 aromatic heterocycles. The van der Waals surface area contributed by atoms with Gasteiger partial charge in [0.15, 0.2) is 0 Å². The summed E-state index contributed by atoms with van der Waals surface area (Å²) >= 11 is 0. The lowest BCUT2D eigenvalue weighted by Crippen LogP contribution is -2.18. The maximum absolute atomic E-state index is 10.2. The molecule has 0 heterocycles. The number of hydrogen-bond acceptors (Lipinski definition) is 2.